The van der Waals surface area contributed by atoms with Crippen LogP contribution in [0, 0.1) is 5.92 Å². The highest BCUT2D eigenvalue weighted by molar-refractivity contribution is 9.10. The molecule has 0 atom stereocenters. The number of benzene rings is 2. The number of hydrogen-bond acceptors (Lipinski definition) is 5. The van der Waals surface area contributed by atoms with Gasteiger partial charge in [0.1, 0.15) is 17.8 Å². The molecule has 2 heterocycles. The van der Waals surface area contributed by atoms with E-state index < -0.39 is 40.3 Å². The molecule has 12 heteroatoms. The summed E-state index contributed by atoms with van der Waals surface area (Å²) in [5, 5.41) is 8.50. The number of carbonyl (C=O) groups excluding carboxylic acids is 2. The molecule has 0 spiro atoms. The number of aromatic nitrogens is 3. The molecule has 1 aromatic heterocycles. The lowest BCUT2D eigenvalue weighted by Gasteiger charge is -2.46. The van der Waals surface area contributed by atoms with Crippen LogP contribution in [0.1, 0.15) is 105 Å². The van der Waals surface area contributed by atoms with E-state index in [1.807, 2.05) is 51.4 Å². The average molecular weight is 703 g/mol. The second kappa shape index (κ2) is 11.1. The first-order valence-electron chi connectivity index (χ1n) is 15.6. The van der Waals surface area contributed by atoms with Crippen LogP contribution in [0.25, 0.3) is 0 Å². The fourth-order valence-electron chi connectivity index (χ4n) is 7.22. The predicted molar refractivity (Wildman–Crippen MR) is 170 cm³/mol. The molecule has 1 aliphatic heterocycles. The highest BCUT2D eigenvalue weighted by atomic mass is 79.9. The van der Waals surface area contributed by atoms with Crippen molar-refractivity contribution >= 4 is 33.6 Å². The standard InChI is InChI=1S/C34H39BrF3N5O3/c1-20-15-33(16-20,29-40-39-19-41(29)6)22-12-23(35)14-24(13-22)42-18-26-25(28(42)44)10-21(11-27(26)34(36,37)38)17-43(31(2,3)4)30(45)46-32(5)8-7-9-32/h10-14,19-20H,7-9,15-18H2,1-6H3. The summed E-state index contributed by atoms with van der Waals surface area (Å²) in [4.78, 5) is 30.1. The Morgan fingerprint density at radius 2 is 1.83 bits per heavy atom. The largest absolute Gasteiger partial charge is 0.443 e. The van der Waals surface area contributed by atoms with Crippen molar-refractivity contribution in [2.24, 2.45) is 13.0 Å². The fourth-order valence-corrected chi connectivity index (χ4v) is 7.70. The molecule has 8 nitrogen and oxygen atoms in total. The number of carbonyl (C=O) groups is 2. The number of aryl methyl sites for hydroxylation is 1. The van der Waals surface area contributed by atoms with Crippen molar-refractivity contribution in [1.82, 2.24) is 19.7 Å². The first kappa shape index (κ1) is 32.5. The number of ether oxygens (including phenoxy) is 1. The highest BCUT2D eigenvalue weighted by Gasteiger charge is 2.49. The Bertz CT molecular complexity index is 1700. The fraction of sp³-hybridized carbons (Fsp3) is 0.529. The second-order valence-corrected chi connectivity index (χ2v) is 15.5. The minimum absolute atomic E-state index is 0.0141. The van der Waals surface area contributed by atoms with Gasteiger partial charge in [-0.15, -0.1) is 10.2 Å². The van der Waals surface area contributed by atoms with E-state index in [1.165, 1.54) is 15.9 Å². The predicted octanol–water partition coefficient (Wildman–Crippen LogP) is 8.15. The van der Waals surface area contributed by atoms with Crippen LogP contribution in [-0.4, -0.2) is 42.8 Å². The van der Waals surface area contributed by atoms with Gasteiger partial charge in [0.25, 0.3) is 5.91 Å². The number of amides is 2. The van der Waals surface area contributed by atoms with Gasteiger partial charge in [-0.1, -0.05) is 22.9 Å². The molecule has 0 saturated heterocycles. The summed E-state index contributed by atoms with van der Waals surface area (Å²) in [6.07, 6.45) is 0.473. The van der Waals surface area contributed by atoms with Crippen molar-refractivity contribution in [2.45, 2.75) is 103 Å². The van der Waals surface area contributed by atoms with Gasteiger partial charge >= 0.3 is 12.3 Å². The molecule has 6 rings (SSSR count). The van der Waals surface area contributed by atoms with E-state index in [4.69, 9.17) is 4.74 Å². The van der Waals surface area contributed by atoms with Gasteiger partial charge in [0, 0.05) is 34.9 Å². The van der Waals surface area contributed by atoms with Gasteiger partial charge in [-0.05, 0) is 113 Å². The molecule has 0 N–H and O–H groups in total. The van der Waals surface area contributed by atoms with Crippen molar-refractivity contribution in [1.29, 1.82) is 0 Å². The van der Waals surface area contributed by atoms with Gasteiger partial charge in [-0.3, -0.25) is 9.69 Å². The minimum Gasteiger partial charge on any atom is -0.443 e. The number of anilines is 1. The van der Waals surface area contributed by atoms with Gasteiger partial charge in [-0.2, -0.15) is 13.2 Å². The minimum atomic E-state index is -4.71. The maximum absolute atomic E-state index is 14.6. The zero-order chi connectivity index (χ0) is 33.4. The maximum Gasteiger partial charge on any atom is 0.416 e. The van der Waals surface area contributed by atoms with Gasteiger partial charge < -0.3 is 14.2 Å². The van der Waals surface area contributed by atoms with Gasteiger partial charge in [0.05, 0.1) is 17.5 Å². The molecular formula is C34H39BrF3N5O3. The Hall–Kier alpha value is -3.41. The maximum atomic E-state index is 14.6. The van der Waals surface area contributed by atoms with Crippen molar-refractivity contribution in [3.05, 3.63) is 74.8 Å². The van der Waals surface area contributed by atoms with E-state index >= 15 is 0 Å². The number of nitrogens with zero attached hydrogens (tertiary/aromatic N) is 5. The van der Waals surface area contributed by atoms with E-state index in [1.54, 1.807) is 12.4 Å². The molecule has 3 aromatic rings. The Kier molecular flexibility index (Phi) is 7.84. The Labute approximate surface area is 275 Å². The van der Waals surface area contributed by atoms with Crippen LogP contribution in [0.5, 0.6) is 0 Å². The molecule has 2 aromatic carbocycles. The molecule has 0 radical (unpaired) electrons. The molecule has 2 aliphatic carbocycles. The van der Waals surface area contributed by atoms with E-state index in [-0.39, 0.29) is 29.8 Å². The topological polar surface area (TPSA) is 80.6 Å². The van der Waals surface area contributed by atoms with Crippen molar-refractivity contribution in [3.8, 4) is 0 Å². The van der Waals surface area contributed by atoms with E-state index in [0.717, 1.165) is 49.6 Å². The van der Waals surface area contributed by atoms with E-state index in [2.05, 4.69) is 33.1 Å². The number of hydrogen-bond donors (Lipinski definition) is 0. The van der Waals surface area contributed by atoms with Crippen molar-refractivity contribution in [2.75, 3.05) is 4.90 Å². The highest BCUT2D eigenvalue weighted by Crippen LogP contribution is 2.53. The van der Waals surface area contributed by atoms with Gasteiger partial charge in [-0.25, -0.2) is 4.79 Å². The van der Waals surface area contributed by atoms with Crippen LogP contribution in [0.2, 0.25) is 0 Å². The first-order chi connectivity index (χ1) is 21.4. The Morgan fingerprint density at radius 3 is 2.37 bits per heavy atom. The molecular weight excluding hydrogens is 663 g/mol. The lowest BCUT2D eigenvalue weighted by Crippen LogP contribution is -2.49. The second-order valence-electron chi connectivity index (χ2n) is 14.5. The van der Waals surface area contributed by atoms with E-state index in [9.17, 15) is 22.8 Å². The third kappa shape index (κ3) is 5.71. The number of alkyl halides is 3. The first-order valence-corrected chi connectivity index (χ1v) is 16.4. The quantitative estimate of drug-likeness (QED) is 0.259. The SMILES string of the molecule is CC1CC(c2cc(Br)cc(N3Cc4c(cc(CN(C(=O)OC5(C)CCC5)C(C)(C)C)cc4C(F)(F)F)C3=O)c2)(c2nncn2C)C1. The summed E-state index contributed by atoms with van der Waals surface area (Å²) in [7, 11) is 1.89. The molecule has 3 aliphatic rings. The average Bonchev–Trinajstić information content (AvgIpc) is 3.49. The van der Waals surface area contributed by atoms with E-state index in [0.29, 0.717) is 16.1 Å². The van der Waals surface area contributed by atoms with Crippen molar-refractivity contribution < 1.29 is 27.5 Å². The van der Waals surface area contributed by atoms with Crippen LogP contribution in [-0.2, 0) is 36.5 Å². The molecule has 0 unspecified atom stereocenters. The molecule has 2 amide bonds. The summed E-state index contributed by atoms with van der Waals surface area (Å²) in [6, 6.07) is 8.20. The Balaban J connectivity index is 1.36. The van der Waals surface area contributed by atoms with Crippen LogP contribution in [0.3, 0.4) is 0 Å². The molecule has 0 bridgehead atoms. The zero-order valence-electron chi connectivity index (χ0n) is 27.0. The van der Waals surface area contributed by atoms with Crippen LogP contribution in [0.4, 0.5) is 23.7 Å². The monoisotopic (exact) mass is 701 g/mol. The Morgan fingerprint density at radius 1 is 1.13 bits per heavy atom. The molecule has 2 fully saturated rings. The lowest BCUT2D eigenvalue weighted by molar-refractivity contribution is -0.138. The third-order valence-corrected chi connectivity index (χ3v) is 10.3. The summed E-state index contributed by atoms with van der Waals surface area (Å²) < 4.78 is 52.2. The molecule has 2 saturated carbocycles. The summed E-state index contributed by atoms with van der Waals surface area (Å²) >= 11 is 3.59. The smallest absolute Gasteiger partial charge is 0.416 e. The summed E-state index contributed by atoms with van der Waals surface area (Å²) in [5.74, 6) is 0.738. The number of rotatable bonds is 6. The zero-order valence-corrected chi connectivity index (χ0v) is 28.5. The van der Waals surface area contributed by atoms with Crippen LogP contribution >= 0.6 is 15.9 Å². The number of fused-ring (bicyclic) bond motifs is 1. The lowest BCUT2D eigenvalue weighted by atomic mass is 9.58. The van der Waals surface area contributed by atoms with Gasteiger partial charge in [0.15, 0.2) is 0 Å². The van der Waals surface area contributed by atoms with Gasteiger partial charge in [0.2, 0.25) is 0 Å². The number of halogens is 4. The third-order valence-electron chi connectivity index (χ3n) is 9.80. The normalized spacial score (nSPS) is 22.3. The van der Waals surface area contributed by atoms with Crippen molar-refractivity contribution in [3.63, 3.8) is 0 Å². The molecule has 246 valence electrons. The van der Waals surface area contributed by atoms with Crippen LogP contribution in [0.15, 0.2) is 41.1 Å². The summed E-state index contributed by atoms with van der Waals surface area (Å²) in [6.45, 7) is 9.10. The molecule has 46 heavy (non-hydrogen) atoms. The summed E-state index contributed by atoms with van der Waals surface area (Å²) in [5.41, 5.74) is -1.07. The van der Waals surface area contributed by atoms with Crippen LogP contribution < -0.4 is 4.90 Å².